The minimum absolute atomic E-state index is 0.227. The topological polar surface area (TPSA) is 61.8 Å². The van der Waals surface area contributed by atoms with Crippen LogP contribution in [0.2, 0.25) is 0 Å². The Hall–Kier alpha value is -2.12. The minimum Gasteiger partial charge on any atom is -0.496 e. The molecule has 30 heavy (non-hydrogen) atoms. The van der Waals surface area contributed by atoms with Gasteiger partial charge in [0, 0.05) is 30.0 Å². The third-order valence-corrected chi connectivity index (χ3v) is 6.62. The lowest BCUT2D eigenvalue weighted by atomic mass is 10.0. The zero-order valence-corrected chi connectivity index (χ0v) is 19.5. The van der Waals surface area contributed by atoms with Gasteiger partial charge in [-0.05, 0) is 52.8 Å². The average Bonchev–Trinajstić information content (AvgIpc) is 3.38. The van der Waals surface area contributed by atoms with E-state index in [0.29, 0.717) is 6.54 Å². The van der Waals surface area contributed by atoms with Crippen molar-refractivity contribution >= 4 is 17.3 Å². The third kappa shape index (κ3) is 5.95. The number of rotatable bonds is 9. The molecule has 1 aliphatic heterocycles. The van der Waals surface area contributed by atoms with Gasteiger partial charge in [-0.3, -0.25) is 9.89 Å². The summed E-state index contributed by atoms with van der Waals surface area (Å²) in [4.78, 5) is 13.4. The van der Waals surface area contributed by atoms with Crippen molar-refractivity contribution in [1.29, 1.82) is 0 Å². The Kier molecular flexibility index (Phi) is 8.51. The summed E-state index contributed by atoms with van der Waals surface area (Å²) in [5, 5.41) is 8.02. The molecule has 2 heterocycles. The predicted octanol–water partition coefficient (Wildman–Crippen LogP) is 3.70. The van der Waals surface area contributed by atoms with Crippen LogP contribution in [0.3, 0.4) is 0 Å². The van der Waals surface area contributed by atoms with Crippen LogP contribution in [0.1, 0.15) is 46.9 Å². The highest BCUT2D eigenvalue weighted by Gasteiger charge is 2.25. The highest BCUT2D eigenvalue weighted by Crippen LogP contribution is 2.31. The normalized spacial score (nSPS) is 15.9. The number of thiazole rings is 1. The standard InChI is InChI=1S/C23H35N5OS/c1-5-24-23(25-13-12-22-17(2)27-18(3)30-22)26-16-20(28-14-8-9-15-28)19-10-6-7-11-21(19)29-4/h6-7,10-11,20H,5,8-9,12-16H2,1-4H3,(H2,24,25,26). The number of hydrogen-bond donors (Lipinski definition) is 2. The Bertz CT molecular complexity index is 829. The monoisotopic (exact) mass is 429 g/mol. The van der Waals surface area contributed by atoms with Crippen molar-refractivity contribution in [3.05, 3.63) is 45.4 Å². The van der Waals surface area contributed by atoms with Gasteiger partial charge in [-0.25, -0.2) is 4.98 Å². The van der Waals surface area contributed by atoms with Gasteiger partial charge in [0.05, 0.1) is 30.4 Å². The third-order valence-electron chi connectivity index (χ3n) is 5.49. The molecule has 1 saturated heterocycles. The number of guanidine groups is 1. The van der Waals surface area contributed by atoms with Gasteiger partial charge in [0.2, 0.25) is 0 Å². The number of methoxy groups -OCH3 is 1. The maximum absolute atomic E-state index is 5.66. The first-order valence-electron chi connectivity index (χ1n) is 10.9. The molecule has 1 unspecified atom stereocenters. The maximum atomic E-state index is 5.66. The molecule has 0 aliphatic carbocycles. The number of aryl methyl sites for hydroxylation is 2. The number of hydrogen-bond acceptors (Lipinski definition) is 5. The first-order valence-corrected chi connectivity index (χ1v) is 11.8. The molecular formula is C23H35N5OS. The number of ether oxygens (including phenoxy) is 1. The number of nitrogens with zero attached hydrogens (tertiary/aromatic N) is 3. The summed E-state index contributed by atoms with van der Waals surface area (Å²) >= 11 is 1.78. The van der Waals surface area contributed by atoms with Crippen molar-refractivity contribution in [1.82, 2.24) is 20.5 Å². The van der Waals surface area contributed by atoms with Gasteiger partial charge in [-0.1, -0.05) is 18.2 Å². The van der Waals surface area contributed by atoms with E-state index >= 15 is 0 Å². The van der Waals surface area contributed by atoms with Gasteiger partial charge in [0.15, 0.2) is 5.96 Å². The molecular weight excluding hydrogens is 394 g/mol. The molecule has 0 amide bonds. The molecule has 0 spiro atoms. The van der Waals surface area contributed by atoms with E-state index in [4.69, 9.17) is 9.73 Å². The number of aliphatic imine (C=N–C) groups is 1. The van der Waals surface area contributed by atoms with Crippen LogP contribution in [-0.2, 0) is 6.42 Å². The van der Waals surface area contributed by atoms with Crippen LogP contribution < -0.4 is 15.4 Å². The fourth-order valence-corrected chi connectivity index (χ4v) is 4.96. The van der Waals surface area contributed by atoms with Crippen LogP contribution in [0.25, 0.3) is 0 Å². The van der Waals surface area contributed by atoms with Crippen LogP contribution in [0, 0.1) is 13.8 Å². The van der Waals surface area contributed by atoms with Crippen molar-refractivity contribution in [2.24, 2.45) is 4.99 Å². The van der Waals surface area contributed by atoms with Gasteiger partial charge in [0.25, 0.3) is 0 Å². The second-order valence-electron chi connectivity index (χ2n) is 7.64. The Morgan fingerprint density at radius 2 is 2.00 bits per heavy atom. The summed E-state index contributed by atoms with van der Waals surface area (Å²) in [6, 6.07) is 8.57. The fourth-order valence-electron chi connectivity index (χ4n) is 4.02. The molecule has 1 aromatic heterocycles. The second-order valence-corrected chi connectivity index (χ2v) is 8.93. The van der Waals surface area contributed by atoms with Crippen LogP contribution in [0.15, 0.2) is 29.3 Å². The summed E-state index contributed by atoms with van der Waals surface area (Å²) in [6.07, 6.45) is 3.46. The molecule has 2 aromatic rings. The molecule has 164 valence electrons. The largest absolute Gasteiger partial charge is 0.496 e. The molecule has 0 saturated carbocycles. The van der Waals surface area contributed by atoms with E-state index in [1.807, 2.05) is 12.1 Å². The average molecular weight is 430 g/mol. The van der Waals surface area contributed by atoms with Crippen molar-refractivity contribution in [2.45, 2.75) is 46.1 Å². The minimum atomic E-state index is 0.227. The summed E-state index contributed by atoms with van der Waals surface area (Å²) in [5.41, 5.74) is 2.36. The van der Waals surface area contributed by atoms with Gasteiger partial charge >= 0.3 is 0 Å². The summed E-state index contributed by atoms with van der Waals surface area (Å²) in [6.45, 7) is 10.9. The second kappa shape index (κ2) is 11.3. The smallest absolute Gasteiger partial charge is 0.191 e. The lowest BCUT2D eigenvalue weighted by Crippen LogP contribution is -2.39. The number of likely N-dealkylation sites (tertiary alicyclic amines) is 1. The summed E-state index contributed by atoms with van der Waals surface area (Å²) in [5.74, 6) is 1.81. The predicted molar refractivity (Wildman–Crippen MR) is 126 cm³/mol. The van der Waals surface area contributed by atoms with E-state index in [1.54, 1.807) is 18.4 Å². The molecule has 6 nitrogen and oxygen atoms in total. The molecule has 2 N–H and O–H groups in total. The van der Waals surface area contributed by atoms with E-state index in [0.717, 1.165) is 55.0 Å². The Labute approximate surface area is 184 Å². The first-order chi connectivity index (χ1) is 14.6. The highest BCUT2D eigenvalue weighted by atomic mass is 32.1. The van der Waals surface area contributed by atoms with E-state index < -0.39 is 0 Å². The quantitative estimate of drug-likeness (QED) is 0.470. The number of para-hydroxylation sites is 1. The zero-order valence-electron chi connectivity index (χ0n) is 18.7. The highest BCUT2D eigenvalue weighted by molar-refractivity contribution is 7.11. The van der Waals surface area contributed by atoms with Crippen LogP contribution in [-0.4, -0.2) is 55.7 Å². The van der Waals surface area contributed by atoms with Gasteiger partial charge in [0.1, 0.15) is 5.75 Å². The Balaban J connectivity index is 1.69. The Morgan fingerprint density at radius 3 is 2.67 bits per heavy atom. The lowest BCUT2D eigenvalue weighted by Gasteiger charge is -2.28. The molecule has 3 rings (SSSR count). The SMILES string of the molecule is CCNC(=NCC(c1ccccc1OC)N1CCCC1)NCCc1sc(C)nc1C. The zero-order chi connectivity index (χ0) is 21.3. The summed E-state index contributed by atoms with van der Waals surface area (Å²) < 4.78 is 5.66. The van der Waals surface area contributed by atoms with Crippen LogP contribution >= 0.6 is 11.3 Å². The molecule has 1 fully saturated rings. The van der Waals surface area contributed by atoms with Crippen molar-refractivity contribution in [3.8, 4) is 5.75 Å². The van der Waals surface area contributed by atoms with E-state index in [9.17, 15) is 0 Å². The molecule has 0 bridgehead atoms. The van der Waals surface area contributed by atoms with E-state index in [2.05, 4.69) is 53.4 Å². The van der Waals surface area contributed by atoms with Crippen LogP contribution in [0.4, 0.5) is 0 Å². The number of aromatic nitrogens is 1. The molecule has 1 aromatic carbocycles. The maximum Gasteiger partial charge on any atom is 0.191 e. The number of nitrogens with one attached hydrogen (secondary N) is 2. The van der Waals surface area contributed by atoms with E-state index in [-0.39, 0.29) is 6.04 Å². The first kappa shape index (κ1) is 22.6. The van der Waals surface area contributed by atoms with Crippen molar-refractivity contribution in [3.63, 3.8) is 0 Å². The summed E-state index contributed by atoms with van der Waals surface area (Å²) in [7, 11) is 1.75. The van der Waals surface area contributed by atoms with Crippen LogP contribution in [0.5, 0.6) is 5.75 Å². The number of benzene rings is 1. The molecule has 7 heteroatoms. The van der Waals surface area contributed by atoms with E-state index in [1.165, 1.54) is 23.3 Å². The molecule has 1 aliphatic rings. The molecule has 1 atom stereocenters. The molecule has 0 radical (unpaired) electrons. The van der Waals surface area contributed by atoms with Crippen molar-refractivity contribution in [2.75, 3.05) is 39.8 Å². The fraction of sp³-hybridized carbons (Fsp3) is 0.565. The van der Waals surface area contributed by atoms with Gasteiger partial charge in [-0.2, -0.15) is 0 Å². The van der Waals surface area contributed by atoms with Gasteiger partial charge in [-0.15, -0.1) is 11.3 Å². The lowest BCUT2D eigenvalue weighted by molar-refractivity contribution is 0.245. The Morgan fingerprint density at radius 1 is 1.23 bits per heavy atom. The van der Waals surface area contributed by atoms with Gasteiger partial charge < -0.3 is 15.4 Å². The van der Waals surface area contributed by atoms with Crippen molar-refractivity contribution < 1.29 is 4.74 Å².